The number of hydrogen-bond donors (Lipinski definition) is 0. The lowest BCUT2D eigenvalue weighted by molar-refractivity contribution is -0.123. The van der Waals surface area contributed by atoms with Crippen LogP contribution in [0.25, 0.3) is 6.08 Å². The number of thioether (sulfide) groups is 1. The molecule has 0 unspecified atom stereocenters. The SMILES string of the molecule is CC(/C=C1\SC(=O)N(CCOc2ccc(C)cc2)C1=O)=C\c1ccccc1. The topological polar surface area (TPSA) is 46.6 Å². The first-order valence-electron chi connectivity index (χ1n) is 8.71. The fourth-order valence-electron chi connectivity index (χ4n) is 2.64. The molecule has 0 aliphatic carbocycles. The highest BCUT2D eigenvalue weighted by molar-refractivity contribution is 8.18. The number of carbonyl (C=O) groups excluding carboxylic acids is 2. The zero-order chi connectivity index (χ0) is 19.2. The molecule has 1 saturated heterocycles. The van der Waals surface area contributed by atoms with E-state index in [9.17, 15) is 9.59 Å². The first-order chi connectivity index (χ1) is 13.0. The summed E-state index contributed by atoms with van der Waals surface area (Å²) in [6.07, 6.45) is 3.74. The number of ether oxygens (including phenoxy) is 1. The van der Waals surface area contributed by atoms with Gasteiger partial charge < -0.3 is 4.74 Å². The maximum absolute atomic E-state index is 12.5. The number of nitrogens with zero attached hydrogens (tertiary/aromatic N) is 1. The number of allylic oxidation sites excluding steroid dienone is 2. The molecule has 0 spiro atoms. The molecule has 138 valence electrons. The zero-order valence-corrected chi connectivity index (χ0v) is 16.2. The molecule has 0 bridgehead atoms. The van der Waals surface area contributed by atoms with Gasteiger partial charge in [0.2, 0.25) is 0 Å². The van der Waals surface area contributed by atoms with Crippen LogP contribution in [0.3, 0.4) is 0 Å². The number of hydrogen-bond acceptors (Lipinski definition) is 4. The van der Waals surface area contributed by atoms with Crippen molar-refractivity contribution in [3.8, 4) is 5.75 Å². The van der Waals surface area contributed by atoms with Crippen molar-refractivity contribution in [2.45, 2.75) is 13.8 Å². The summed E-state index contributed by atoms with van der Waals surface area (Å²) in [4.78, 5) is 26.4. The van der Waals surface area contributed by atoms with Crippen LogP contribution >= 0.6 is 11.8 Å². The summed E-state index contributed by atoms with van der Waals surface area (Å²) in [5, 5.41) is -0.258. The van der Waals surface area contributed by atoms with Gasteiger partial charge in [-0.2, -0.15) is 0 Å². The highest BCUT2D eigenvalue weighted by Crippen LogP contribution is 2.31. The summed E-state index contributed by atoms with van der Waals surface area (Å²) < 4.78 is 5.63. The van der Waals surface area contributed by atoms with Gasteiger partial charge in [0.05, 0.1) is 11.4 Å². The van der Waals surface area contributed by atoms with Crippen LogP contribution in [0.5, 0.6) is 5.75 Å². The fourth-order valence-corrected chi connectivity index (χ4v) is 3.56. The monoisotopic (exact) mass is 379 g/mol. The molecule has 1 aliphatic heterocycles. The molecule has 1 heterocycles. The van der Waals surface area contributed by atoms with E-state index in [0.29, 0.717) is 4.91 Å². The Kier molecular flexibility index (Phi) is 6.14. The lowest BCUT2D eigenvalue weighted by Crippen LogP contribution is -2.32. The normalized spacial score (nSPS) is 16.3. The van der Waals surface area contributed by atoms with Crippen LogP contribution in [-0.2, 0) is 4.79 Å². The van der Waals surface area contributed by atoms with Crippen molar-refractivity contribution in [1.82, 2.24) is 4.90 Å². The Morgan fingerprint density at radius 2 is 1.78 bits per heavy atom. The van der Waals surface area contributed by atoms with E-state index in [4.69, 9.17) is 4.74 Å². The van der Waals surface area contributed by atoms with Crippen LogP contribution in [0, 0.1) is 6.92 Å². The van der Waals surface area contributed by atoms with E-state index >= 15 is 0 Å². The number of rotatable bonds is 6. The van der Waals surface area contributed by atoms with Crippen molar-refractivity contribution in [2.24, 2.45) is 0 Å². The Labute approximate surface area is 163 Å². The molecule has 0 atom stereocenters. The minimum Gasteiger partial charge on any atom is -0.492 e. The van der Waals surface area contributed by atoms with E-state index in [0.717, 1.165) is 34.2 Å². The average molecular weight is 379 g/mol. The highest BCUT2D eigenvalue weighted by Gasteiger charge is 2.34. The maximum Gasteiger partial charge on any atom is 0.293 e. The molecule has 4 nitrogen and oxygen atoms in total. The molecule has 2 aromatic rings. The third-order valence-electron chi connectivity index (χ3n) is 4.03. The van der Waals surface area contributed by atoms with E-state index in [2.05, 4.69) is 0 Å². The van der Waals surface area contributed by atoms with Crippen molar-refractivity contribution in [3.05, 3.63) is 82.3 Å². The van der Waals surface area contributed by atoms with Gasteiger partial charge in [-0.25, -0.2) is 0 Å². The van der Waals surface area contributed by atoms with Gasteiger partial charge in [-0.3, -0.25) is 14.5 Å². The van der Waals surface area contributed by atoms with Crippen molar-refractivity contribution < 1.29 is 14.3 Å². The number of imide groups is 1. The van der Waals surface area contributed by atoms with Crippen LogP contribution in [-0.4, -0.2) is 29.2 Å². The molecule has 1 fully saturated rings. The van der Waals surface area contributed by atoms with Gasteiger partial charge in [0.15, 0.2) is 0 Å². The van der Waals surface area contributed by atoms with Gasteiger partial charge >= 0.3 is 0 Å². The summed E-state index contributed by atoms with van der Waals surface area (Å²) in [6.45, 7) is 4.43. The Hall–Kier alpha value is -2.79. The van der Waals surface area contributed by atoms with Crippen LogP contribution in [0.4, 0.5) is 4.79 Å². The number of carbonyl (C=O) groups is 2. The quantitative estimate of drug-likeness (QED) is 0.659. The molecule has 0 aromatic heterocycles. The molecule has 5 heteroatoms. The summed E-state index contributed by atoms with van der Waals surface area (Å²) in [7, 11) is 0. The summed E-state index contributed by atoms with van der Waals surface area (Å²) in [5.74, 6) is 0.461. The van der Waals surface area contributed by atoms with E-state index in [-0.39, 0.29) is 24.3 Å². The molecule has 0 saturated carbocycles. The Morgan fingerprint density at radius 1 is 1.07 bits per heavy atom. The standard InChI is InChI=1S/C22H21NO3S/c1-16-8-10-19(11-9-16)26-13-12-23-21(24)20(27-22(23)25)15-17(2)14-18-6-4-3-5-7-18/h3-11,14-15H,12-13H2,1-2H3/b17-14+,20-15-. The third kappa shape index (κ3) is 5.11. The van der Waals surface area contributed by atoms with Crippen LogP contribution in [0.15, 0.2) is 71.2 Å². The second kappa shape index (κ2) is 8.73. The maximum atomic E-state index is 12.5. The van der Waals surface area contributed by atoms with E-state index in [1.807, 2.05) is 74.5 Å². The third-order valence-corrected chi connectivity index (χ3v) is 4.94. The molecule has 1 aliphatic rings. The van der Waals surface area contributed by atoms with Gasteiger partial charge in [-0.05, 0) is 55.0 Å². The first-order valence-corrected chi connectivity index (χ1v) is 9.53. The molecular weight excluding hydrogens is 358 g/mol. The van der Waals surface area contributed by atoms with Crippen LogP contribution in [0.2, 0.25) is 0 Å². The Balaban J connectivity index is 1.60. The second-order valence-corrected chi connectivity index (χ2v) is 7.29. The van der Waals surface area contributed by atoms with Crippen LogP contribution < -0.4 is 4.74 Å². The molecule has 2 aromatic carbocycles. The molecule has 3 rings (SSSR count). The van der Waals surface area contributed by atoms with E-state index in [1.165, 1.54) is 4.90 Å². The van der Waals surface area contributed by atoms with Crippen molar-refractivity contribution >= 4 is 29.0 Å². The predicted molar refractivity (Wildman–Crippen MR) is 110 cm³/mol. The minimum atomic E-state index is -0.265. The predicted octanol–water partition coefficient (Wildman–Crippen LogP) is 5.06. The van der Waals surface area contributed by atoms with Crippen LogP contribution in [0.1, 0.15) is 18.1 Å². The van der Waals surface area contributed by atoms with Crippen molar-refractivity contribution in [2.75, 3.05) is 13.2 Å². The average Bonchev–Trinajstić information content (AvgIpc) is 2.91. The van der Waals surface area contributed by atoms with Crippen molar-refractivity contribution in [1.29, 1.82) is 0 Å². The molecule has 27 heavy (non-hydrogen) atoms. The number of benzene rings is 2. The highest BCUT2D eigenvalue weighted by atomic mass is 32.2. The lowest BCUT2D eigenvalue weighted by Gasteiger charge is -2.13. The number of amides is 2. The fraction of sp³-hybridized carbons (Fsp3) is 0.182. The van der Waals surface area contributed by atoms with E-state index < -0.39 is 0 Å². The zero-order valence-electron chi connectivity index (χ0n) is 15.3. The Bertz CT molecular complexity index is 886. The Morgan fingerprint density at radius 3 is 2.48 bits per heavy atom. The molecule has 0 radical (unpaired) electrons. The van der Waals surface area contributed by atoms with Gasteiger partial charge in [-0.15, -0.1) is 0 Å². The second-order valence-electron chi connectivity index (χ2n) is 6.29. The van der Waals surface area contributed by atoms with Gasteiger partial charge in [-0.1, -0.05) is 54.1 Å². The first kappa shape index (κ1) is 19.0. The van der Waals surface area contributed by atoms with Gasteiger partial charge in [0.1, 0.15) is 12.4 Å². The van der Waals surface area contributed by atoms with Gasteiger partial charge in [0, 0.05) is 0 Å². The smallest absolute Gasteiger partial charge is 0.293 e. The summed E-state index contributed by atoms with van der Waals surface area (Å²) >= 11 is 0.971. The molecule has 0 N–H and O–H groups in total. The van der Waals surface area contributed by atoms with E-state index in [1.54, 1.807) is 6.08 Å². The molecular formula is C22H21NO3S. The lowest BCUT2D eigenvalue weighted by atomic mass is 10.1. The van der Waals surface area contributed by atoms with Gasteiger partial charge in [0.25, 0.3) is 11.1 Å². The largest absolute Gasteiger partial charge is 0.492 e. The summed E-state index contributed by atoms with van der Waals surface area (Å²) in [6, 6.07) is 17.5. The minimum absolute atomic E-state index is 0.233. The molecule has 2 amide bonds. The number of aryl methyl sites for hydroxylation is 1. The summed E-state index contributed by atoms with van der Waals surface area (Å²) in [5.41, 5.74) is 3.12. The van der Waals surface area contributed by atoms with Crippen molar-refractivity contribution in [3.63, 3.8) is 0 Å².